The quantitative estimate of drug-likeness (QED) is 0.700. The number of likely N-dealkylation sites (N-methyl/N-ethyl adjacent to an activating group) is 1. The van der Waals surface area contributed by atoms with E-state index in [-0.39, 0.29) is 17.9 Å². The SMILES string of the molecule is CN1[C@H]2CCCC[C@H]2N(c2ccc3sccc3c2)CC1(C)C.Cl. The van der Waals surface area contributed by atoms with E-state index in [2.05, 4.69) is 60.3 Å². The van der Waals surface area contributed by atoms with Crippen molar-refractivity contribution in [3.8, 4) is 0 Å². The molecule has 2 nitrogen and oxygen atoms in total. The normalized spacial score (nSPS) is 27.5. The Bertz CT molecular complexity index is 681. The monoisotopic (exact) mass is 350 g/mol. The molecule has 2 aliphatic rings. The molecule has 0 radical (unpaired) electrons. The van der Waals surface area contributed by atoms with E-state index in [1.807, 2.05) is 11.3 Å². The molecular formula is C19H27ClN2S. The van der Waals surface area contributed by atoms with Crippen LogP contribution in [-0.2, 0) is 0 Å². The van der Waals surface area contributed by atoms with Crippen LogP contribution in [0.25, 0.3) is 10.1 Å². The molecule has 2 heterocycles. The molecule has 0 bridgehead atoms. The minimum absolute atomic E-state index is 0. The first kappa shape index (κ1) is 17.1. The van der Waals surface area contributed by atoms with Gasteiger partial charge in [0.05, 0.1) is 0 Å². The van der Waals surface area contributed by atoms with Gasteiger partial charge in [-0.1, -0.05) is 12.8 Å². The second kappa shape index (κ2) is 6.27. The molecular weight excluding hydrogens is 324 g/mol. The van der Waals surface area contributed by atoms with Gasteiger partial charge in [0, 0.05) is 34.6 Å². The number of rotatable bonds is 1. The third-order valence-corrected chi connectivity index (χ3v) is 6.77. The number of piperazine rings is 1. The van der Waals surface area contributed by atoms with E-state index in [0.717, 1.165) is 6.54 Å². The molecule has 1 aliphatic carbocycles. The van der Waals surface area contributed by atoms with Gasteiger partial charge in [-0.15, -0.1) is 23.7 Å². The van der Waals surface area contributed by atoms with Gasteiger partial charge in [0.2, 0.25) is 0 Å². The van der Waals surface area contributed by atoms with Crippen LogP contribution in [0, 0.1) is 0 Å². The second-order valence-electron chi connectivity index (χ2n) is 7.61. The molecule has 0 unspecified atom stereocenters. The van der Waals surface area contributed by atoms with Crippen LogP contribution in [-0.4, -0.2) is 36.1 Å². The fourth-order valence-electron chi connectivity index (χ4n) is 4.42. The Kier molecular flexibility index (Phi) is 4.65. The Hall–Kier alpha value is -0.770. The molecule has 2 fully saturated rings. The van der Waals surface area contributed by atoms with Crippen LogP contribution in [0.15, 0.2) is 29.6 Å². The highest BCUT2D eigenvalue weighted by Crippen LogP contribution is 2.39. The summed E-state index contributed by atoms with van der Waals surface area (Å²) in [5.41, 5.74) is 1.66. The second-order valence-corrected chi connectivity index (χ2v) is 8.56. The van der Waals surface area contributed by atoms with E-state index in [1.54, 1.807) is 0 Å². The number of thiophene rings is 1. The van der Waals surface area contributed by atoms with Gasteiger partial charge in [-0.05, 0) is 68.8 Å². The van der Waals surface area contributed by atoms with Gasteiger partial charge in [0.25, 0.3) is 0 Å². The minimum Gasteiger partial charge on any atom is -0.365 e. The summed E-state index contributed by atoms with van der Waals surface area (Å²) < 4.78 is 1.40. The predicted molar refractivity (Wildman–Crippen MR) is 104 cm³/mol. The molecule has 1 aliphatic heterocycles. The Morgan fingerprint density at radius 3 is 2.61 bits per heavy atom. The van der Waals surface area contributed by atoms with Gasteiger partial charge in [-0.3, -0.25) is 4.90 Å². The highest BCUT2D eigenvalue weighted by atomic mass is 35.5. The van der Waals surface area contributed by atoms with Crippen LogP contribution in [0.5, 0.6) is 0 Å². The smallest absolute Gasteiger partial charge is 0.0446 e. The zero-order chi connectivity index (χ0) is 15.3. The van der Waals surface area contributed by atoms with Crippen LogP contribution in [0.2, 0.25) is 0 Å². The highest BCUT2D eigenvalue weighted by molar-refractivity contribution is 7.17. The first-order chi connectivity index (χ1) is 10.6. The number of hydrogen-bond donors (Lipinski definition) is 0. The molecule has 4 heteroatoms. The number of nitrogens with zero attached hydrogens (tertiary/aromatic N) is 2. The zero-order valence-electron chi connectivity index (χ0n) is 14.3. The van der Waals surface area contributed by atoms with Crippen LogP contribution in [0.1, 0.15) is 39.5 Å². The van der Waals surface area contributed by atoms with Crippen molar-refractivity contribution in [2.75, 3.05) is 18.5 Å². The van der Waals surface area contributed by atoms with Crippen molar-refractivity contribution in [1.82, 2.24) is 4.90 Å². The lowest BCUT2D eigenvalue weighted by Crippen LogP contribution is -2.67. The predicted octanol–water partition coefficient (Wildman–Crippen LogP) is 5.16. The molecule has 0 N–H and O–H groups in total. The lowest BCUT2D eigenvalue weighted by atomic mass is 9.81. The highest BCUT2D eigenvalue weighted by Gasteiger charge is 2.44. The topological polar surface area (TPSA) is 6.48 Å². The van der Waals surface area contributed by atoms with Crippen molar-refractivity contribution in [3.05, 3.63) is 29.6 Å². The van der Waals surface area contributed by atoms with Crippen molar-refractivity contribution in [3.63, 3.8) is 0 Å². The summed E-state index contributed by atoms with van der Waals surface area (Å²) in [6.07, 6.45) is 5.46. The van der Waals surface area contributed by atoms with E-state index >= 15 is 0 Å². The van der Waals surface area contributed by atoms with Gasteiger partial charge in [0.1, 0.15) is 0 Å². The van der Waals surface area contributed by atoms with Gasteiger partial charge in [-0.25, -0.2) is 0 Å². The Labute approximate surface area is 149 Å². The molecule has 2 aromatic rings. The average molecular weight is 351 g/mol. The molecule has 23 heavy (non-hydrogen) atoms. The lowest BCUT2D eigenvalue weighted by molar-refractivity contribution is 0.0337. The Morgan fingerprint density at radius 1 is 1.09 bits per heavy atom. The van der Waals surface area contributed by atoms with Crippen LogP contribution in [0.3, 0.4) is 0 Å². The number of halogens is 1. The third-order valence-electron chi connectivity index (χ3n) is 5.87. The third kappa shape index (κ3) is 2.88. The minimum atomic E-state index is 0. The van der Waals surface area contributed by atoms with Crippen molar-refractivity contribution in [1.29, 1.82) is 0 Å². The Balaban J connectivity index is 0.00000156. The van der Waals surface area contributed by atoms with Crippen molar-refractivity contribution in [2.24, 2.45) is 0 Å². The molecule has 2 atom stereocenters. The lowest BCUT2D eigenvalue weighted by Gasteiger charge is -2.57. The fraction of sp³-hybridized carbons (Fsp3) is 0.579. The average Bonchev–Trinajstić information content (AvgIpc) is 2.98. The summed E-state index contributed by atoms with van der Waals surface area (Å²) in [5, 5.41) is 3.60. The summed E-state index contributed by atoms with van der Waals surface area (Å²) in [6, 6.07) is 10.7. The zero-order valence-corrected chi connectivity index (χ0v) is 15.9. The summed E-state index contributed by atoms with van der Waals surface area (Å²) in [4.78, 5) is 5.36. The largest absolute Gasteiger partial charge is 0.365 e. The van der Waals surface area contributed by atoms with Gasteiger partial charge in [0.15, 0.2) is 0 Å². The summed E-state index contributed by atoms with van der Waals surface area (Å²) >= 11 is 1.84. The number of hydrogen-bond acceptors (Lipinski definition) is 3. The molecule has 0 amide bonds. The maximum absolute atomic E-state index is 2.71. The maximum atomic E-state index is 2.71. The number of fused-ring (bicyclic) bond motifs is 2. The summed E-state index contributed by atoms with van der Waals surface area (Å²) in [5.74, 6) is 0. The Morgan fingerprint density at radius 2 is 1.83 bits per heavy atom. The van der Waals surface area contributed by atoms with Crippen LogP contribution >= 0.6 is 23.7 Å². The standard InChI is InChI=1S/C19H26N2S.ClH/c1-19(2)13-21(17-7-5-4-6-16(17)20(19)3)15-8-9-18-14(12-15)10-11-22-18;/h8-12,16-17H,4-7,13H2,1-3H3;1H/t16-,17+;/m0./s1. The maximum Gasteiger partial charge on any atom is 0.0446 e. The molecule has 0 spiro atoms. The molecule has 1 aromatic carbocycles. The van der Waals surface area contributed by atoms with Crippen molar-refractivity contribution < 1.29 is 0 Å². The van der Waals surface area contributed by atoms with E-state index in [9.17, 15) is 0 Å². The van der Waals surface area contributed by atoms with Gasteiger partial charge >= 0.3 is 0 Å². The molecule has 1 aromatic heterocycles. The molecule has 4 rings (SSSR count). The number of benzene rings is 1. The first-order valence-corrected chi connectivity index (χ1v) is 9.41. The fourth-order valence-corrected chi connectivity index (χ4v) is 5.19. The molecule has 126 valence electrons. The van der Waals surface area contributed by atoms with Crippen LogP contribution in [0.4, 0.5) is 5.69 Å². The van der Waals surface area contributed by atoms with E-state index in [4.69, 9.17) is 0 Å². The summed E-state index contributed by atoms with van der Waals surface area (Å²) in [7, 11) is 2.34. The molecule has 1 saturated carbocycles. The van der Waals surface area contributed by atoms with E-state index in [0.29, 0.717) is 12.1 Å². The van der Waals surface area contributed by atoms with Crippen molar-refractivity contribution in [2.45, 2.75) is 57.2 Å². The van der Waals surface area contributed by atoms with E-state index in [1.165, 1.54) is 41.5 Å². The van der Waals surface area contributed by atoms with E-state index < -0.39 is 0 Å². The van der Waals surface area contributed by atoms with Crippen LogP contribution < -0.4 is 4.90 Å². The summed E-state index contributed by atoms with van der Waals surface area (Å²) in [6.45, 7) is 5.92. The van der Waals surface area contributed by atoms with Gasteiger partial charge in [-0.2, -0.15) is 0 Å². The first-order valence-electron chi connectivity index (χ1n) is 8.53. The van der Waals surface area contributed by atoms with Crippen molar-refractivity contribution >= 4 is 39.5 Å². The number of anilines is 1. The molecule has 1 saturated heterocycles. The van der Waals surface area contributed by atoms with Gasteiger partial charge < -0.3 is 4.90 Å².